The van der Waals surface area contributed by atoms with Crippen LogP contribution in [0.5, 0.6) is 0 Å². The Morgan fingerprint density at radius 1 is 1.90 bits per heavy atom. The number of rotatable bonds is 1. The Bertz CT molecular complexity index is 194. The molecule has 0 aromatic carbocycles. The lowest BCUT2D eigenvalue weighted by molar-refractivity contribution is -0.117. The molecule has 0 radical (unpaired) electrons. The van der Waals surface area contributed by atoms with E-state index in [0.717, 1.165) is 0 Å². The van der Waals surface area contributed by atoms with Gasteiger partial charge in [-0.2, -0.15) is 5.26 Å². The molecule has 10 heavy (non-hydrogen) atoms. The van der Waals surface area contributed by atoms with Crippen LogP contribution in [0.4, 0.5) is 0 Å². The number of nitrogens with two attached hydrogens (primary N) is 1. The fraction of sp³-hybridized carbons (Fsp3) is 0.250. The Morgan fingerprint density at radius 3 is 2.90 bits per heavy atom. The van der Waals surface area contributed by atoms with E-state index in [0.29, 0.717) is 0 Å². The molecule has 0 saturated carbocycles. The summed E-state index contributed by atoms with van der Waals surface area (Å²) in [5.41, 5.74) is 5.00. The highest BCUT2D eigenvalue weighted by Gasteiger charge is 1.98. The largest absolute Gasteiger partial charge is 0.369 e. The maximum Gasteiger partial charge on any atom is 0.241 e. The maximum atomic E-state index is 10.4. The molecule has 0 aromatic heterocycles. The van der Waals surface area contributed by atoms with Gasteiger partial charge < -0.3 is 5.73 Å². The summed E-state index contributed by atoms with van der Waals surface area (Å²) in [4.78, 5) is 13.4. The topological polar surface area (TPSA) is 91.3 Å². The van der Waals surface area contributed by atoms with Crippen LogP contribution in [0.3, 0.4) is 0 Å². The molecular weight excluding hydrogens is 156 g/mol. The lowest BCUT2D eigenvalue weighted by Crippen LogP contribution is -2.37. The number of guanidine groups is 1. The van der Waals surface area contributed by atoms with Crippen LogP contribution in [-0.4, -0.2) is 17.7 Å². The van der Waals surface area contributed by atoms with E-state index in [1.165, 1.54) is 6.19 Å². The number of nitrogens with zero attached hydrogens (tertiary/aromatic N) is 2. The number of carbonyl (C=O) groups excluding carboxylic acids is 1. The Kier molecular flexibility index (Phi) is 4.00. The lowest BCUT2D eigenvalue weighted by atomic mass is 10.7. The highest BCUT2D eigenvalue weighted by Crippen LogP contribution is 1.72. The second kappa shape index (κ2) is 4.58. The third kappa shape index (κ3) is 3.69. The van der Waals surface area contributed by atoms with Gasteiger partial charge in [-0.05, 0) is 0 Å². The van der Waals surface area contributed by atoms with Crippen molar-refractivity contribution in [2.45, 2.75) is 0 Å². The normalized spacial score (nSPS) is 10.2. The Labute approximate surface area is 62.5 Å². The molecule has 6 heteroatoms. The van der Waals surface area contributed by atoms with Gasteiger partial charge in [0.05, 0.1) is 0 Å². The number of halogens is 1. The minimum atomic E-state index is -0.488. The fourth-order valence-electron chi connectivity index (χ4n) is 0.258. The van der Waals surface area contributed by atoms with E-state index in [-0.39, 0.29) is 11.8 Å². The summed E-state index contributed by atoms with van der Waals surface area (Å²) in [6, 6.07) is 0. The second-order valence-electron chi connectivity index (χ2n) is 1.28. The number of aliphatic imine (C=N–C) groups is 1. The van der Waals surface area contributed by atoms with Gasteiger partial charge >= 0.3 is 0 Å². The average molecular weight is 161 g/mol. The molecular formula is C4H5ClN4O. The Morgan fingerprint density at radius 2 is 2.50 bits per heavy atom. The Balaban J connectivity index is 3.82. The minimum absolute atomic E-state index is 0.207. The van der Waals surface area contributed by atoms with Gasteiger partial charge in [-0.15, -0.1) is 16.6 Å². The molecule has 0 bridgehead atoms. The number of nitrogens with one attached hydrogen (secondary N) is 1. The Hall–Kier alpha value is -1.28. The van der Waals surface area contributed by atoms with Crippen LogP contribution < -0.4 is 11.1 Å². The number of hydrogen-bond donors (Lipinski definition) is 2. The molecule has 0 spiro atoms. The number of alkyl halides is 1. The van der Waals surface area contributed by atoms with Crippen molar-refractivity contribution in [1.29, 1.82) is 5.26 Å². The smallest absolute Gasteiger partial charge is 0.241 e. The molecule has 0 aromatic rings. The summed E-state index contributed by atoms with van der Waals surface area (Å²) < 4.78 is 0. The average Bonchev–Trinajstić information content (AvgIpc) is 1.88. The first kappa shape index (κ1) is 8.72. The number of hydrogen-bond acceptors (Lipinski definition) is 3. The molecule has 3 N–H and O–H groups in total. The molecule has 0 aliphatic carbocycles. The molecule has 54 valence electrons. The second-order valence-corrected chi connectivity index (χ2v) is 1.55. The van der Waals surface area contributed by atoms with E-state index in [1.54, 1.807) is 0 Å². The summed E-state index contributed by atoms with van der Waals surface area (Å²) in [5.74, 6) is -0.937. The van der Waals surface area contributed by atoms with Crippen molar-refractivity contribution < 1.29 is 4.79 Å². The summed E-state index contributed by atoms with van der Waals surface area (Å²) >= 11 is 5.09. The quantitative estimate of drug-likeness (QED) is 0.226. The van der Waals surface area contributed by atoms with Gasteiger partial charge in [0.25, 0.3) is 0 Å². The monoisotopic (exact) mass is 160 g/mol. The molecule has 0 fully saturated rings. The standard InChI is InChI=1S/C4H5ClN4O/c5-1-3(10)9-4(7)8-2-6/h1H2,(H3,7,8,9,10). The van der Waals surface area contributed by atoms with E-state index >= 15 is 0 Å². The molecule has 0 saturated heterocycles. The molecule has 0 rings (SSSR count). The lowest BCUT2D eigenvalue weighted by Gasteiger charge is -1.96. The van der Waals surface area contributed by atoms with Crippen molar-refractivity contribution in [3.05, 3.63) is 0 Å². The van der Waals surface area contributed by atoms with Gasteiger partial charge in [-0.1, -0.05) is 0 Å². The molecule has 1 amide bonds. The summed E-state index contributed by atoms with van der Waals surface area (Å²) in [6.07, 6.45) is 1.40. The molecule has 0 heterocycles. The van der Waals surface area contributed by atoms with Crippen LogP contribution in [-0.2, 0) is 4.79 Å². The molecule has 0 aliphatic rings. The van der Waals surface area contributed by atoms with E-state index in [9.17, 15) is 4.79 Å². The van der Waals surface area contributed by atoms with E-state index < -0.39 is 5.91 Å². The summed E-state index contributed by atoms with van der Waals surface area (Å²) in [5, 5.41) is 9.99. The number of amides is 1. The highest BCUT2D eigenvalue weighted by molar-refractivity contribution is 6.28. The highest BCUT2D eigenvalue weighted by atomic mass is 35.5. The van der Waals surface area contributed by atoms with Gasteiger partial charge in [0.1, 0.15) is 5.88 Å². The van der Waals surface area contributed by atoms with Gasteiger partial charge in [0.15, 0.2) is 0 Å². The van der Waals surface area contributed by atoms with E-state index in [2.05, 4.69) is 10.3 Å². The van der Waals surface area contributed by atoms with Crippen LogP contribution >= 0.6 is 11.6 Å². The van der Waals surface area contributed by atoms with Crippen molar-refractivity contribution >= 4 is 23.5 Å². The zero-order valence-corrected chi connectivity index (χ0v) is 5.72. The fourth-order valence-corrected chi connectivity index (χ4v) is 0.325. The molecule has 5 nitrogen and oxygen atoms in total. The SMILES string of the molecule is N#CN=C(N)NC(=O)CCl. The van der Waals surface area contributed by atoms with Crippen molar-refractivity contribution in [3.8, 4) is 6.19 Å². The van der Waals surface area contributed by atoms with Gasteiger partial charge in [0.2, 0.25) is 18.1 Å². The third-order valence-corrected chi connectivity index (χ3v) is 0.802. The molecule has 0 unspecified atom stereocenters. The first-order chi connectivity index (χ1) is 4.70. The predicted octanol–water partition coefficient (Wildman–Crippen LogP) is -0.863. The van der Waals surface area contributed by atoms with Crippen LogP contribution in [0.2, 0.25) is 0 Å². The predicted molar refractivity (Wildman–Crippen MR) is 36.1 cm³/mol. The van der Waals surface area contributed by atoms with Crippen LogP contribution in [0.1, 0.15) is 0 Å². The molecule has 0 atom stereocenters. The zero-order valence-electron chi connectivity index (χ0n) is 4.97. The first-order valence-corrected chi connectivity index (χ1v) is 2.82. The van der Waals surface area contributed by atoms with Gasteiger partial charge in [-0.3, -0.25) is 10.1 Å². The van der Waals surface area contributed by atoms with E-state index in [4.69, 9.17) is 22.6 Å². The maximum absolute atomic E-state index is 10.4. The van der Waals surface area contributed by atoms with Crippen LogP contribution in [0, 0.1) is 11.5 Å². The zero-order chi connectivity index (χ0) is 7.98. The van der Waals surface area contributed by atoms with Crippen molar-refractivity contribution in [3.63, 3.8) is 0 Å². The van der Waals surface area contributed by atoms with Gasteiger partial charge in [0, 0.05) is 0 Å². The van der Waals surface area contributed by atoms with Crippen molar-refractivity contribution in [2.75, 3.05) is 5.88 Å². The number of carbonyl (C=O) groups is 1. The first-order valence-electron chi connectivity index (χ1n) is 2.28. The molecule has 0 aliphatic heterocycles. The third-order valence-electron chi connectivity index (χ3n) is 0.559. The van der Waals surface area contributed by atoms with Crippen LogP contribution in [0.15, 0.2) is 4.99 Å². The van der Waals surface area contributed by atoms with Crippen molar-refractivity contribution in [2.24, 2.45) is 10.7 Å². The summed E-state index contributed by atoms with van der Waals surface area (Å²) in [7, 11) is 0. The minimum Gasteiger partial charge on any atom is -0.369 e. The van der Waals surface area contributed by atoms with E-state index in [1.807, 2.05) is 0 Å². The van der Waals surface area contributed by atoms with Crippen LogP contribution in [0.25, 0.3) is 0 Å². The summed E-state index contributed by atoms with van der Waals surface area (Å²) in [6.45, 7) is 0. The number of nitriles is 1. The van der Waals surface area contributed by atoms with Gasteiger partial charge in [-0.25, -0.2) is 0 Å². The van der Waals surface area contributed by atoms with Crippen molar-refractivity contribution in [1.82, 2.24) is 5.32 Å².